The molecule has 1 aromatic rings. The zero-order chi connectivity index (χ0) is 14.8. The molecule has 0 unspecified atom stereocenters. The first-order chi connectivity index (χ1) is 9.40. The number of amides is 1. The Morgan fingerprint density at radius 3 is 2.60 bits per heavy atom. The van der Waals surface area contributed by atoms with Gasteiger partial charge in [-0.05, 0) is 31.0 Å². The molecule has 0 atom stereocenters. The molecule has 5 nitrogen and oxygen atoms in total. The second-order valence-corrected chi connectivity index (χ2v) is 6.27. The average Bonchev–Trinajstić information content (AvgIpc) is 3.21. The molecule has 0 aromatic heterocycles. The molecule has 20 heavy (non-hydrogen) atoms. The van der Waals surface area contributed by atoms with E-state index < -0.39 is 26.6 Å². The Morgan fingerprint density at radius 2 is 1.95 bits per heavy atom. The first-order valence-electron chi connectivity index (χ1n) is 6.12. The molecule has 1 aliphatic carbocycles. The number of carbonyl (C=O) groups is 1. The molecule has 1 saturated carbocycles. The second-order valence-electron chi connectivity index (χ2n) is 4.54. The van der Waals surface area contributed by atoms with Crippen molar-refractivity contribution < 1.29 is 22.0 Å². The minimum absolute atomic E-state index is 0.0345. The van der Waals surface area contributed by atoms with Crippen LogP contribution in [0.5, 0.6) is 0 Å². The molecule has 1 amide bonds. The highest BCUT2D eigenvalue weighted by atomic mass is 32.2. The summed E-state index contributed by atoms with van der Waals surface area (Å²) in [5.74, 6) is -1.94. The van der Waals surface area contributed by atoms with Crippen LogP contribution in [0, 0.1) is 17.6 Å². The van der Waals surface area contributed by atoms with Gasteiger partial charge in [0, 0.05) is 19.0 Å². The van der Waals surface area contributed by atoms with Gasteiger partial charge in [-0.15, -0.1) is 0 Å². The molecule has 0 radical (unpaired) electrons. The quantitative estimate of drug-likeness (QED) is 0.762. The first kappa shape index (κ1) is 14.9. The molecule has 0 heterocycles. The molecule has 0 bridgehead atoms. The number of rotatable bonds is 6. The third-order valence-corrected chi connectivity index (χ3v) is 4.32. The molecular formula is C12H14F2N2O3S. The highest BCUT2D eigenvalue weighted by Gasteiger charge is 2.29. The third kappa shape index (κ3) is 3.73. The number of benzene rings is 1. The molecular weight excluding hydrogens is 290 g/mol. The lowest BCUT2D eigenvalue weighted by molar-refractivity contribution is -0.122. The van der Waals surface area contributed by atoms with Gasteiger partial charge in [0.1, 0.15) is 16.5 Å². The van der Waals surface area contributed by atoms with Crippen LogP contribution in [0.25, 0.3) is 0 Å². The van der Waals surface area contributed by atoms with Crippen molar-refractivity contribution in [3.05, 3.63) is 29.8 Å². The number of hydrogen-bond donors (Lipinski definition) is 2. The maximum atomic E-state index is 13.4. The summed E-state index contributed by atoms with van der Waals surface area (Å²) < 4.78 is 52.0. The fraction of sp³-hybridized carbons (Fsp3) is 0.417. The van der Waals surface area contributed by atoms with E-state index in [1.807, 2.05) is 0 Å². The Kier molecular flexibility index (Phi) is 4.34. The fourth-order valence-electron chi connectivity index (χ4n) is 1.62. The zero-order valence-corrected chi connectivity index (χ0v) is 11.3. The van der Waals surface area contributed by atoms with Crippen LogP contribution in [0.2, 0.25) is 0 Å². The summed E-state index contributed by atoms with van der Waals surface area (Å²) in [5, 5.41) is 2.56. The zero-order valence-electron chi connectivity index (χ0n) is 10.5. The van der Waals surface area contributed by atoms with Crippen molar-refractivity contribution in [2.75, 3.05) is 13.1 Å². The van der Waals surface area contributed by atoms with Gasteiger partial charge < -0.3 is 5.32 Å². The van der Waals surface area contributed by atoms with Crippen molar-refractivity contribution >= 4 is 15.9 Å². The van der Waals surface area contributed by atoms with Crippen LogP contribution in [0.15, 0.2) is 23.1 Å². The van der Waals surface area contributed by atoms with Gasteiger partial charge in [0.25, 0.3) is 0 Å². The SMILES string of the molecule is O=C(NCCNS(=O)(=O)c1cc(F)ccc1F)C1CC1. The summed E-state index contributed by atoms with van der Waals surface area (Å²) >= 11 is 0. The van der Waals surface area contributed by atoms with Gasteiger partial charge in [-0.3, -0.25) is 4.79 Å². The van der Waals surface area contributed by atoms with Crippen LogP contribution in [-0.4, -0.2) is 27.4 Å². The molecule has 110 valence electrons. The topological polar surface area (TPSA) is 75.3 Å². The largest absolute Gasteiger partial charge is 0.355 e. The van der Waals surface area contributed by atoms with Crippen LogP contribution in [-0.2, 0) is 14.8 Å². The van der Waals surface area contributed by atoms with Gasteiger partial charge in [0.2, 0.25) is 15.9 Å². The van der Waals surface area contributed by atoms with Crippen LogP contribution >= 0.6 is 0 Å². The third-order valence-electron chi connectivity index (χ3n) is 2.85. The minimum atomic E-state index is -4.13. The molecule has 8 heteroatoms. The lowest BCUT2D eigenvalue weighted by atomic mass is 10.3. The van der Waals surface area contributed by atoms with Crippen molar-refractivity contribution in [2.45, 2.75) is 17.7 Å². The van der Waals surface area contributed by atoms with Crippen molar-refractivity contribution in [2.24, 2.45) is 5.92 Å². The van der Waals surface area contributed by atoms with E-state index in [-0.39, 0.29) is 24.9 Å². The van der Waals surface area contributed by atoms with E-state index in [0.29, 0.717) is 6.07 Å². The Hall–Kier alpha value is -1.54. The molecule has 1 fully saturated rings. The highest BCUT2D eigenvalue weighted by Crippen LogP contribution is 2.28. The van der Waals surface area contributed by atoms with Gasteiger partial charge >= 0.3 is 0 Å². The molecule has 1 aliphatic rings. The summed E-state index contributed by atoms with van der Waals surface area (Å²) in [4.78, 5) is 10.6. The molecule has 2 rings (SSSR count). The Bertz CT molecular complexity index is 615. The van der Waals surface area contributed by atoms with Crippen molar-refractivity contribution in [1.82, 2.24) is 10.0 Å². The minimum Gasteiger partial charge on any atom is -0.355 e. The fourth-order valence-corrected chi connectivity index (χ4v) is 2.74. The van der Waals surface area contributed by atoms with E-state index in [9.17, 15) is 22.0 Å². The number of hydrogen-bond acceptors (Lipinski definition) is 3. The van der Waals surface area contributed by atoms with E-state index in [4.69, 9.17) is 0 Å². The van der Waals surface area contributed by atoms with E-state index in [1.165, 1.54) is 0 Å². The van der Waals surface area contributed by atoms with Crippen LogP contribution in [0.1, 0.15) is 12.8 Å². The van der Waals surface area contributed by atoms with Gasteiger partial charge in [0.15, 0.2) is 0 Å². The van der Waals surface area contributed by atoms with Crippen LogP contribution in [0.3, 0.4) is 0 Å². The Morgan fingerprint density at radius 1 is 1.25 bits per heavy atom. The summed E-state index contributed by atoms with van der Waals surface area (Å²) in [7, 11) is -4.13. The second kappa shape index (κ2) is 5.84. The summed E-state index contributed by atoms with van der Waals surface area (Å²) in [6.07, 6.45) is 1.71. The van der Waals surface area contributed by atoms with Crippen molar-refractivity contribution in [1.29, 1.82) is 0 Å². The van der Waals surface area contributed by atoms with Gasteiger partial charge in [0.05, 0.1) is 0 Å². The molecule has 0 saturated heterocycles. The monoisotopic (exact) mass is 304 g/mol. The summed E-state index contributed by atoms with van der Waals surface area (Å²) in [5.41, 5.74) is 0. The number of halogens is 2. The maximum Gasteiger partial charge on any atom is 0.243 e. The first-order valence-corrected chi connectivity index (χ1v) is 7.61. The standard InChI is InChI=1S/C12H14F2N2O3S/c13-9-3-4-10(14)11(7-9)20(18,19)16-6-5-15-12(17)8-1-2-8/h3-4,7-8,16H,1-2,5-6H2,(H,15,17). The number of nitrogens with one attached hydrogen (secondary N) is 2. The van der Waals surface area contributed by atoms with E-state index in [0.717, 1.165) is 25.0 Å². The maximum absolute atomic E-state index is 13.4. The van der Waals surface area contributed by atoms with Crippen LogP contribution < -0.4 is 10.0 Å². The summed E-state index contributed by atoms with van der Waals surface area (Å²) in [6, 6.07) is 2.20. The number of carbonyl (C=O) groups excluding carboxylic acids is 1. The van der Waals surface area contributed by atoms with E-state index >= 15 is 0 Å². The predicted molar refractivity (Wildman–Crippen MR) is 67.3 cm³/mol. The molecule has 0 spiro atoms. The Balaban J connectivity index is 1.90. The van der Waals surface area contributed by atoms with E-state index in [2.05, 4.69) is 10.0 Å². The highest BCUT2D eigenvalue weighted by molar-refractivity contribution is 7.89. The predicted octanol–water partition coefficient (Wildman–Crippen LogP) is 0.769. The molecule has 2 N–H and O–H groups in total. The number of sulfonamides is 1. The lowest BCUT2D eigenvalue weighted by Gasteiger charge is -2.08. The average molecular weight is 304 g/mol. The smallest absolute Gasteiger partial charge is 0.243 e. The van der Waals surface area contributed by atoms with Gasteiger partial charge in [-0.25, -0.2) is 21.9 Å². The Labute approximate surface area is 115 Å². The van der Waals surface area contributed by atoms with Gasteiger partial charge in [-0.1, -0.05) is 0 Å². The van der Waals surface area contributed by atoms with Crippen molar-refractivity contribution in [3.8, 4) is 0 Å². The molecule has 1 aromatic carbocycles. The van der Waals surface area contributed by atoms with Gasteiger partial charge in [-0.2, -0.15) is 0 Å². The normalized spacial score (nSPS) is 15.1. The molecule has 0 aliphatic heterocycles. The van der Waals surface area contributed by atoms with Crippen LogP contribution in [0.4, 0.5) is 8.78 Å². The van der Waals surface area contributed by atoms with Crippen molar-refractivity contribution in [3.63, 3.8) is 0 Å². The summed E-state index contributed by atoms with van der Waals surface area (Å²) in [6.45, 7) is 0.0161. The lowest BCUT2D eigenvalue weighted by Crippen LogP contribution is -2.35. The van der Waals surface area contributed by atoms with E-state index in [1.54, 1.807) is 0 Å².